The van der Waals surface area contributed by atoms with Gasteiger partial charge in [-0.3, -0.25) is 9.59 Å². The smallest absolute Gasteiger partial charge is 0.254 e. The van der Waals surface area contributed by atoms with Crippen LogP contribution in [0.2, 0.25) is 0 Å². The first kappa shape index (κ1) is 26.5. The first-order valence-electron chi connectivity index (χ1n) is 11.6. The lowest BCUT2D eigenvalue weighted by Crippen LogP contribution is -2.50. The first-order chi connectivity index (χ1) is 16.2. The molecule has 3 rings (SSSR count). The van der Waals surface area contributed by atoms with Gasteiger partial charge in [-0.25, -0.2) is 0 Å². The maximum absolute atomic E-state index is 13.0. The monoisotopic (exact) mass is 594 g/mol. The average molecular weight is 596 g/mol. The van der Waals surface area contributed by atoms with Gasteiger partial charge < -0.3 is 19.3 Å². The molecule has 1 saturated heterocycles. The third-order valence-corrected chi connectivity index (χ3v) is 6.60. The molecule has 6 nitrogen and oxygen atoms in total. The van der Waals surface area contributed by atoms with Crippen molar-refractivity contribution >= 4 is 43.7 Å². The van der Waals surface area contributed by atoms with E-state index in [1.807, 2.05) is 12.1 Å². The lowest BCUT2D eigenvalue weighted by Gasteiger charge is -2.35. The molecule has 0 aromatic heterocycles. The molecule has 0 spiro atoms. The summed E-state index contributed by atoms with van der Waals surface area (Å²) in [6.07, 6.45) is 0. The van der Waals surface area contributed by atoms with Gasteiger partial charge in [0.15, 0.2) is 0 Å². The Morgan fingerprint density at radius 1 is 0.735 bits per heavy atom. The summed E-state index contributed by atoms with van der Waals surface area (Å²) < 4.78 is 13.1. The largest absolute Gasteiger partial charge is 0.492 e. The van der Waals surface area contributed by atoms with Crippen molar-refractivity contribution in [1.82, 2.24) is 9.80 Å². The Kier molecular flexibility index (Phi) is 9.42. The number of amides is 2. The SMILES string of the molecule is CC(C)COc1ccc(C(=O)N2CCN(C(=O)c3ccc(OCC(C)C)c(Br)c3)CC2)cc1Br. The van der Waals surface area contributed by atoms with Gasteiger partial charge in [0.1, 0.15) is 11.5 Å². The van der Waals surface area contributed by atoms with E-state index in [1.165, 1.54) is 0 Å². The number of benzene rings is 2. The fourth-order valence-electron chi connectivity index (χ4n) is 3.49. The van der Waals surface area contributed by atoms with Gasteiger partial charge in [-0.2, -0.15) is 0 Å². The predicted molar refractivity (Wildman–Crippen MR) is 141 cm³/mol. The molecule has 0 aliphatic carbocycles. The van der Waals surface area contributed by atoms with Crippen molar-refractivity contribution in [1.29, 1.82) is 0 Å². The maximum atomic E-state index is 13.0. The third-order valence-electron chi connectivity index (χ3n) is 5.36. The van der Waals surface area contributed by atoms with E-state index in [-0.39, 0.29) is 11.8 Å². The molecule has 0 saturated carbocycles. The van der Waals surface area contributed by atoms with Crippen molar-refractivity contribution in [2.75, 3.05) is 39.4 Å². The quantitative estimate of drug-likeness (QED) is 0.382. The van der Waals surface area contributed by atoms with Gasteiger partial charge in [0.05, 0.1) is 22.2 Å². The highest BCUT2D eigenvalue weighted by Gasteiger charge is 2.26. The van der Waals surface area contributed by atoms with E-state index >= 15 is 0 Å². The summed E-state index contributed by atoms with van der Waals surface area (Å²) in [6, 6.07) is 10.8. The zero-order chi connectivity index (χ0) is 24.8. The van der Waals surface area contributed by atoms with E-state index in [4.69, 9.17) is 9.47 Å². The maximum Gasteiger partial charge on any atom is 0.254 e. The average Bonchev–Trinajstić information content (AvgIpc) is 2.81. The molecule has 0 atom stereocenters. The van der Waals surface area contributed by atoms with Gasteiger partial charge in [-0.15, -0.1) is 0 Å². The van der Waals surface area contributed by atoms with Crippen LogP contribution in [-0.2, 0) is 0 Å². The van der Waals surface area contributed by atoms with Gasteiger partial charge in [0, 0.05) is 37.3 Å². The topological polar surface area (TPSA) is 59.1 Å². The van der Waals surface area contributed by atoms with Crippen molar-refractivity contribution in [2.45, 2.75) is 27.7 Å². The number of ether oxygens (including phenoxy) is 2. The van der Waals surface area contributed by atoms with Crippen LogP contribution in [0.25, 0.3) is 0 Å². The van der Waals surface area contributed by atoms with Crippen LogP contribution in [0.4, 0.5) is 0 Å². The summed E-state index contributed by atoms with van der Waals surface area (Å²) >= 11 is 7.02. The highest BCUT2D eigenvalue weighted by Crippen LogP contribution is 2.28. The van der Waals surface area contributed by atoms with E-state index in [1.54, 1.807) is 34.1 Å². The third kappa shape index (κ3) is 6.98. The lowest BCUT2D eigenvalue weighted by atomic mass is 10.1. The van der Waals surface area contributed by atoms with Crippen LogP contribution in [0.1, 0.15) is 48.4 Å². The fraction of sp³-hybridized carbons (Fsp3) is 0.462. The standard InChI is InChI=1S/C26H32Br2N2O4/c1-17(2)15-33-23-7-5-19(13-21(23)27)25(31)29-9-11-30(12-10-29)26(32)20-6-8-24(22(28)14-20)34-16-18(3)4/h5-8,13-14,17-18H,9-12,15-16H2,1-4H3. The van der Waals surface area contributed by atoms with Crippen LogP contribution in [0.5, 0.6) is 11.5 Å². The number of nitrogens with zero attached hydrogens (tertiary/aromatic N) is 2. The van der Waals surface area contributed by atoms with Gasteiger partial charge in [-0.05, 0) is 80.1 Å². The zero-order valence-corrected chi connectivity index (χ0v) is 23.3. The molecular weight excluding hydrogens is 564 g/mol. The highest BCUT2D eigenvalue weighted by molar-refractivity contribution is 9.10. The molecule has 1 aliphatic heterocycles. The Morgan fingerprint density at radius 2 is 1.09 bits per heavy atom. The Bertz CT molecular complexity index is 936. The molecule has 0 radical (unpaired) electrons. The molecule has 0 bridgehead atoms. The molecule has 1 fully saturated rings. The minimum Gasteiger partial charge on any atom is -0.492 e. The van der Waals surface area contributed by atoms with Crippen LogP contribution in [0, 0.1) is 11.8 Å². The number of piperazine rings is 1. The Balaban J connectivity index is 1.57. The summed E-state index contributed by atoms with van der Waals surface area (Å²) in [7, 11) is 0. The number of carbonyl (C=O) groups is 2. The van der Waals surface area contributed by atoms with Gasteiger partial charge in [0.2, 0.25) is 0 Å². The predicted octanol–water partition coefficient (Wildman–Crippen LogP) is 5.88. The molecule has 0 unspecified atom stereocenters. The molecule has 0 N–H and O–H groups in total. The molecule has 1 heterocycles. The molecule has 2 aromatic rings. The van der Waals surface area contributed by atoms with Crippen LogP contribution >= 0.6 is 31.9 Å². The summed E-state index contributed by atoms with van der Waals surface area (Å²) in [5.41, 5.74) is 1.20. The lowest BCUT2D eigenvalue weighted by molar-refractivity contribution is 0.0535. The molecule has 2 amide bonds. The highest BCUT2D eigenvalue weighted by atomic mass is 79.9. The van der Waals surface area contributed by atoms with E-state index in [0.717, 1.165) is 20.4 Å². The summed E-state index contributed by atoms with van der Waals surface area (Å²) in [5, 5.41) is 0. The molecule has 2 aromatic carbocycles. The van der Waals surface area contributed by atoms with Crippen molar-refractivity contribution in [2.24, 2.45) is 11.8 Å². The number of carbonyl (C=O) groups excluding carboxylic acids is 2. The molecular formula is C26H32Br2N2O4. The van der Waals surface area contributed by atoms with E-state index in [9.17, 15) is 9.59 Å². The van der Waals surface area contributed by atoms with E-state index in [0.29, 0.717) is 62.4 Å². The van der Waals surface area contributed by atoms with E-state index < -0.39 is 0 Å². The summed E-state index contributed by atoms with van der Waals surface area (Å²) in [6.45, 7) is 11.6. The molecule has 8 heteroatoms. The van der Waals surface area contributed by atoms with Crippen LogP contribution < -0.4 is 9.47 Å². The van der Waals surface area contributed by atoms with E-state index in [2.05, 4.69) is 59.6 Å². The molecule has 1 aliphatic rings. The zero-order valence-electron chi connectivity index (χ0n) is 20.1. The number of hydrogen-bond acceptors (Lipinski definition) is 4. The summed E-state index contributed by atoms with van der Waals surface area (Å²) in [4.78, 5) is 29.6. The molecule has 184 valence electrons. The number of rotatable bonds is 8. The minimum absolute atomic E-state index is 0.0439. The minimum atomic E-state index is -0.0439. The second kappa shape index (κ2) is 12.1. The Morgan fingerprint density at radius 3 is 1.38 bits per heavy atom. The number of hydrogen-bond donors (Lipinski definition) is 0. The van der Waals surface area contributed by atoms with Gasteiger partial charge >= 0.3 is 0 Å². The van der Waals surface area contributed by atoms with Crippen LogP contribution in [0.3, 0.4) is 0 Å². The number of halogens is 2. The second-order valence-electron chi connectivity index (χ2n) is 9.28. The van der Waals surface area contributed by atoms with Crippen molar-refractivity contribution in [3.8, 4) is 11.5 Å². The fourth-order valence-corrected chi connectivity index (χ4v) is 4.48. The molecule has 34 heavy (non-hydrogen) atoms. The first-order valence-corrected chi connectivity index (χ1v) is 13.2. The Hall–Kier alpha value is -2.06. The van der Waals surface area contributed by atoms with Crippen LogP contribution in [-0.4, -0.2) is 61.0 Å². The van der Waals surface area contributed by atoms with Crippen molar-refractivity contribution in [3.05, 3.63) is 56.5 Å². The Labute approximate surface area is 218 Å². The normalized spacial score (nSPS) is 14.0. The van der Waals surface area contributed by atoms with Gasteiger partial charge in [-0.1, -0.05) is 27.7 Å². The van der Waals surface area contributed by atoms with Gasteiger partial charge in [0.25, 0.3) is 11.8 Å². The van der Waals surface area contributed by atoms with Crippen molar-refractivity contribution in [3.63, 3.8) is 0 Å². The van der Waals surface area contributed by atoms with Crippen LogP contribution in [0.15, 0.2) is 45.3 Å². The second-order valence-corrected chi connectivity index (χ2v) is 11.0. The summed E-state index contributed by atoms with van der Waals surface area (Å²) in [5.74, 6) is 2.21. The van der Waals surface area contributed by atoms with Crippen molar-refractivity contribution < 1.29 is 19.1 Å².